The van der Waals surface area contributed by atoms with Gasteiger partial charge in [-0.3, -0.25) is 4.79 Å². The van der Waals surface area contributed by atoms with E-state index in [9.17, 15) is 4.79 Å². The first-order valence-corrected chi connectivity index (χ1v) is 8.36. The number of hydrogen-bond acceptors (Lipinski definition) is 3. The molecule has 0 saturated heterocycles. The van der Waals surface area contributed by atoms with Gasteiger partial charge in [-0.15, -0.1) is 0 Å². The second-order valence-electron chi connectivity index (χ2n) is 5.19. The van der Waals surface area contributed by atoms with Crippen LogP contribution in [0.3, 0.4) is 0 Å². The summed E-state index contributed by atoms with van der Waals surface area (Å²) in [5.74, 6) is 0.548. The van der Waals surface area contributed by atoms with Crippen molar-refractivity contribution in [1.29, 1.82) is 0 Å². The van der Waals surface area contributed by atoms with Crippen molar-refractivity contribution in [3.05, 3.63) is 57.0 Å². The first-order chi connectivity index (χ1) is 11.4. The van der Waals surface area contributed by atoms with E-state index in [2.05, 4.69) is 10.6 Å². The van der Waals surface area contributed by atoms with E-state index in [0.29, 0.717) is 27.3 Å². The summed E-state index contributed by atoms with van der Waals surface area (Å²) in [6.45, 7) is 2.29. The molecule has 2 aromatic rings. The number of carbonyl (C=O) groups excluding carboxylic acids is 1. The van der Waals surface area contributed by atoms with Crippen LogP contribution in [0.15, 0.2) is 36.4 Å². The zero-order valence-corrected chi connectivity index (χ0v) is 15.5. The smallest absolute Gasteiger partial charge is 0.241 e. The lowest BCUT2D eigenvalue weighted by Crippen LogP contribution is -2.37. The summed E-state index contributed by atoms with van der Waals surface area (Å²) in [5.41, 5.74) is 1.44. The minimum atomic E-state index is -0.429. The van der Waals surface area contributed by atoms with Crippen molar-refractivity contribution in [2.24, 2.45) is 0 Å². The van der Waals surface area contributed by atoms with Crippen molar-refractivity contribution in [2.75, 3.05) is 12.4 Å². The van der Waals surface area contributed by atoms with Gasteiger partial charge in [-0.05, 0) is 36.8 Å². The molecule has 0 spiro atoms. The molecule has 2 N–H and O–H groups in total. The van der Waals surface area contributed by atoms with Crippen LogP contribution in [0.2, 0.25) is 15.1 Å². The second-order valence-corrected chi connectivity index (χ2v) is 6.41. The van der Waals surface area contributed by atoms with Gasteiger partial charge >= 0.3 is 0 Å². The fourth-order valence-corrected chi connectivity index (χ4v) is 2.60. The molecule has 0 aromatic heterocycles. The third kappa shape index (κ3) is 5.02. The average molecular weight is 388 g/mol. The van der Waals surface area contributed by atoms with Crippen LogP contribution in [0.25, 0.3) is 0 Å². The van der Waals surface area contributed by atoms with Crippen LogP contribution in [-0.2, 0) is 11.3 Å². The molecule has 0 saturated carbocycles. The van der Waals surface area contributed by atoms with Gasteiger partial charge in [0.25, 0.3) is 0 Å². The quantitative estimate of drug-likeness (QED) is 0.702. The second kappa shape index (κ2) is 8.58. The highest BCUT2D eigenvalue weighted by Crippen LogP contribution is 2.32. The molecule has 1 unspecified atom stereocenters. The Morgan fingerprint density at radius 1 is 1.12 bits per heavy atom. The number of rotatable bonds is 6. The van der Waals surface area contributed by atoms with E-state index in [0.717, 1.165) is 11.3 Å². The molecule has 7 heteroatoms. The molecule has 0 aliphatic carbocycles. The van der Waals surface area contributed by atoms with Crippen LogP contribution in [-0.4, -0.2) is 19.1 Å². The number of hydrogen-bond donors (Lipinski definition) is 2. The number of methoxy groups -OCH3 is 1. The molecule has 0 fully saturated rings. The molecule has 24 heavy (non-hydrogen) atoms. The van der Waals surface area contributed by atoms with Gasteiger partial charge in [0.1, 0.15) is 5.75 Å². The highest BCUT2D eigenvalue weighted by atomic mass is 35.5. The van der Waals surface area contributed by atoms with Gasteiger partial charge in [0.05, 0.1) is 33.9 Å². The van der Waals surface area contributed by atoms with Crippen molar-refractivity contribution in [3.8, 4) is 5.75 Å². The molecule has 128 valence electrons. The van der Waals surface area contributed by atoms with Crippen molar-refractivity contribution >= 4 is 46.4 Å². The molecule has 0 bridgehead atoms. The Morgan fingerprint density at radius 2 is 1.83 bits per heavy atom. The Kier molecular flexibility index (Phi) is 6.75. The Balaban J connectivity index is 1.96. The Labute approximate surface area is 156 Å². The first kappa shape index (κ1) is 18.9. The molecular weight excluding hydrogens is 371 g/mol. The van der Waals surface area contributed by atoms with E-state index in [1.807, 2.05) is 24.3 Å². The minimum Gasteiger partial charge on any atom is -0.497 e. The maximum atomic E-state index is 12.3. The molecule has 0 aliphatic rings. The lowest BCUT2D eigenvalue weighted by atomic mass is 10.2. The normalized spacial score (nSPS) is 11.9. The molecule has 1 amide bonds. The SMILES string of the molecule is COc1cccc(CNC(C)C(=O)Nc2cc(Cl)c(Cl)cc2Cl)c1. The van der Waals surface area contributed by atoms with Crippen LogP contribution < -0.4 is 15.4 Å². The Morgan fingerprint density at radius 3 is 2.54 bits per heavy atom. The topological polar surface area (TPSA) is 50.4 Å². The molecule has 0 radical (unpaired) electrons. The third-order valence-corrected chi connectivity index (χ3v) is 4.44. The number of benzene rings is 2. The van der Waals surface area contributed by atoms with Gasteiger partial charge in [-0.25, -0.2) is 0 Å². The number of halogens is 3. The summed E-state index contributed by atoms with van der Waals surface area (Å²) in [5, 5.41) is 6.88. The predicted octanol–water partition coefficient (Wildman–Crippen LogP) is 4.77. The van der Waals surface area contributed by atoms with Crippen LogP contribution in [0.4, 0.5) is 5.69 Å². The number of carbonyl (C=O) groups is 1. The van der Waals surface area contributed by atoms with Gasteiger partial charge in [-0.1, -0.05) is 46.9 Å². The zero-order chi connectivity index (χ0) is 17.7. The Bertz CT molecular complexity index is 738. The molecule has 0 heterocycles. The molecular formula is C17H17Cl3N2O2. The van der Waals surface area contributed by atoms with E-state index in [4.69, 9.17) is 39.5 Å². The summed E-state index contributed by atoms with van der Waals surface area (Å²) in [4.78, 5) is 12.3. The highest BCUT2D eigenvalue weighted by molar-refractivity contribution is 6.44. The molecule has 2 rings (SSSR count). The van der Waals surface area contributed by atoms with Gasteiger partial charge in [0.2, 0.25) is 5.91 Å². The van der Waals surface area contributed by atoms with Crippen molar-refractivity contribution in [1.82, 2.24) is 5.32 Å². The van der Waals surface area contributed by atoms with Crippen molar-refractivity contribution in [3.63, 3.8) is 0 Å². The van der Waals surface area contributed by atoms with E-state index in [-0.39, 0.29) is 5.91 Å². The maximum absolute atomic E-state index is 12.3. The summed E-state index contributed by atoms with van der Waals surface area (Å²) < 4.78 is 5.18. The van der Waals surface area contributed by atoms with Crippen LogP contribution >= 0.6 is 34.8 Å². The monoisotopic (exact) mass is 386 g/mol. The van der Waals surface area contributed by atoms with Crippen molar-refractivity contribution < 1.29 is 9.53 Å². The summed E-state index contributed by atoms with van der Waals surface area (Å²) in [7, 11) is 1.61. The average Bonchev–Trinajstić information content (AvgIpc) is 2.57. The van der Waals surface area contributed by atoms with E-state index in [1.54, 1.807) is 14.0 Å². The van der Waals surface area contributed by atoms with Crippen LogP contribution in [0.5, 0.6) is 5.75 Å². The van der Waals surface area contributed by atoms with Gasteiger partial charge < -0.3 is 15.4 Å². The summed E-state index contributed by atoms with van der Waals surface area (Å²) in [6, 6.07) is 10.2. The van der Waals surface area contributed by atoms with E-state index in [1.165, 1.54) is 12.1 Å². The lowest BCUT2D eigenvalue weighted by Gasteiger charge is -2.15. The fraction of sp³-hybridized carbons (Fsp3) is 0.235. The number of ether oxygens (including phenoxy) is 1. The zero-order valence-electron chi connectivity index (χ0n) is 13.2. The number of nitrogens with one attached hydrogen (secondary N) is 2. The van der Waals surface area contributed by atoms with E-state index < -0.39 is 6.04 Å². The third-order valence-electron chi connectivity index (χ3n) is 3.41. The molecule has 4 nitrogen and oxygen atoms in total. The predicted molar refractivity (Wildman–Crippen MR) is 99.4 cm³/mol. The molecule has 1 atom stereocenters. The Hall–Kier alpha value is -1.46. The highest BCUT2D eigenvalue weighted by Gasteiger charge is 2.15. The van der Waals surface area contributed by atoms with E-state index >= 15 is 0 Å². The largest absolute Gasteiger partial charge is 0.497 e. The van der Waals surface area contributed by atoms with Crippen molar-refractivity contribution in [2.45, 2.75) is 19.5 Å². The van der Waals surface area contributed by atoms with Crippen LogP contribution in [0.1, 0.15) is 12.5 Å². The van der Waals surface area contributed by atoms with Gasteiger partial charge in [-0.2, -0.15) is 0 Å². The van der Waals surface area contributed by atoms with Gasteiger partial charge in [0, 0.05) is 6.54 Å². The minimum absolute atomic E-state index is 0.224. The fourth-order valence-electron chi connectivity index (χ4n) is 2.01. The summed E-state index contributed by atoms with van der Waals surface area (Å²) in [6.07, 6.45) is 0. The maximum Gasteiger partial charge on any atom is 0.241 e. The lowest BCUT2D eigenvalue weighted by molar-refractivity contribution is -0.117. The molecule has 2 aromatic carbocycles. The molecule has 0 aliphatic heterocycles. The standard InChI is InChI=1S/C17H17Cl3N2O2/c1-10(21-9-11-4-3-5-12(6-11)24-2)17(23)22-16-8-14(19)13(18)7-15(16)20/h3-8,10,21H,9H2,1-2H3,(H,22,23). The summed E-state index contributed by atoms with van der Waals surface area (Å²) >= 11 is 17.9. The van der Waals surface area contributed by atoms with Gasteiger partial charge in [0.15, 0.2) is 0 Å². The number of amides is 1. The van der Waals surface area contributed by atoms with Crippen LogP contribution in [0, 0.1) is 0 Å². The number of anilines is 1. The first-order valence-electron chi connectivity index (χ1n) is 7.22.